The van der Waals surface area contributed by atoms with Crippen molar-refractivity contribution in [1.82, 2.24) is 20.0 Å². The molecule has 1 aliphatic heterocycles. The Bertz CT molecular complexity index is 1020. The molecule has 1 saturated heterocycles. The molecule has 0 atom stereocenters. The van der Waals surface area contributed by atoms with Gasteiger partial charge in [0.15, 0.2) is 11.4 Å². The van der Waals surface area contributed by atoms with Crippen LogP contribution >= 0.6 is 0 Å². The van der Waals surface area contributed by atoms with Crippen LogP contribution in [0.3, 0.4) is 0 Å². The minimum absolute atomic E-state index is 0.265. The average Bonchev–Trinajstić information content (AvgIpc) is 3.20. The number of hydrogen-bond donors (Lipinski definition) is 1. The first-order valence-electron chi connectivity index (χ1n) is 9.69. The molecule has 0 spiro atoms. The van der Waals surface area contributed by atoms with Gasteiger partial charge in [0, 0.05) is 42.9 Å². The zero-order valence-electron chi connectivity index (χ0n) is 16.5. The Kier molecular flexibility index (Phi) is 4.53. The number of hydrogen-bond acceptors (Lipinski definition) is 5. The lowest BCUT2D eigenvalue weighted by Gasteiger charge is -2.39. The highest BCUT2D eigenvalue weighted by Gasteiger charge is 2.44. The van der Waals surface area contributed by atoms with Crippen molar-refractivity contribution in [3.05, 3.63) is 47.9 Å². The number of benzene rings is 1. The van der Waals surface area contributed by atoms with E-state index in [4.69, 9.17) is 0 Å². The minimum Gasteiger partial charge on any atom is -0.479 e. The number of anilines is 1. The summed E-state index contributed by atoms with van der Waals surface area (Å²) in [5.74, 6) is 0.260. The minimum atomic E-state index is -1.02. The SMILES string of the molecule is Cc1nnc(N2CCC(C(=O)O)(n3ccc(C(C)C)n3)CC2)c2ccccc12. The van der Waals surface area contributed by atoms with Crippen molar-refractivity contribution in [2.24, 2.45) is 0 Å². The van der Waals surface area contributed by atoms with Crippen LogP contribution in [0.4, 0.5) is 5.82 Å². The molecule has 7 nitrogen and oxygen atoms in total. The van der Waals surface area contributed by atoms with Crippen LogP contribution in [0, 0.1) is 6.92 Å². The van der Waals surface area contributed by atoms with Crippen LogP contribution in [-0.2, 0) is 10.3 Å². The Balaban J connectivity index is 1.64. The highest BCUT2D eigenvalue weighted by atomic mass is 16.4. The summed E-state index contributed by atoms with van der Waals surface area (Å²) >= 11 is 0. The Labute approximate surface area is 164 Å². The molecule has 1 aromatic carbocycles. The maximum atomic E-state index is 12.2. The van der Waals surface area contributed by atoms with Gasteiger partial charge >= 0.3 is 5.97 Å². The number of fused-ring (bicyclic) bond motifs is 1. The van der Waals surface area contributed by atoms with Gasteiger partial charge in [-0.05, 0) is 18.9 Å². The molecule has 1 fully saturated rings. The van der Waals surface area contributed by atoms with E-state index in [-0.39, 0.29) is 5.92 Å². The number of aromatic nitrogens is 4. The molecule has 146 valence electrons. The number of carbonyl (C=O) groups is 1. The van der Waals surface area contributed by atoms with E-state index in [1.165, 1.54) is 0 Å². The van der Waals surface area contributed by atoms with Crippen molar-refractivity contribution in [3.8, 4) is 0 Å². The molecule has 7 heteroatoms. The average molecular weight is 379 g/mol. The summed E-state index contributed by atoms with van der Waals surface area (Å²) in [5.41, 5.74) is 0.796. The molecule has 28 heavy (non-hydrogen) atoms. The molecule has 2 aromatic heterocycles. The van der Waals surface area contributed by atoms with Crippen molar-refractivity contribution in [3.63, 3.8) is 0 Å². The van der Waals surface area contributed by atoms with Crippen LogP contribution in [0.25, 0.3) is 10.8 Å². The number of carboxylic acids is 1. The maximum absolute atomic E-state index is 12.2. The predicted octanol–water partition coefficient (Wildman–Crippen LogP) is 3.34. The quantitative estimate of drug-likeness (QED) is 0.748. The fraction of sp³-hybridized carbons (Fsp3) is 0.429. The fourth-order valence-electron chi connectivity index (χ4n) is 3.97. The third kappa shape index (κ3) is 2.91. The van der Waals surface area contributed by atoms with Crippen molar-refractivity contribution < 1.29 is 9.90 Å². The third-order valence-corrected chi connectivity index (χ3v) is 5.78. The van der Waals surface area contributed by atoms with Gasteiger partial charge in [-0.3, -0.25) is 4.68 Å². The molecule has 3 heterocycles. The molecule has 0 radical (unpaired) electrons. The summed E-state index contributed by atoms with van der Waals surface area (Å²) in [4.78, 5) is 14.4. The highest BCUT2D eigenvalue weighted by Crippen LogP contribution is 2.34. The van der Waals surface area contributed by atoms with E-state index in [1.807, 2.05) is 37.3 Å². The number of aryl methyl sites for hydroxylation is 1. The Morgan fingerprint density at radius 1 is 1.11 bits per heavy atom. The van der Waals surface area contributed by atoms with Crippen LogP contribution in [0.5, 0.6) is 0 Å². The largest absolute Gasteiger partial charge is 0.479 e. The van der Waals surface area contributed by atoms with E-state index in [2.05, 4.69) is 34.0 Å². The third-order valence-electron chi connectivity index (χ3n) is 5.78. The second-order valence-electron chi connectivity index (χ2n) is 7.82. The molecule has 3 aromatic rings. The number of nitrogens with zero attached hydrogens (tertiary/aromatic N) is 5. The van der Waals surface area contributed by atoms with Crippen LogP contribution in [-0.4, -0.2) is 44.1 Å². The molecule has 0 amide bonds. The van der Waals surface area contributed by atoms with Gasteiger partial charge < -0.3 is 10.0 Å². The molecule has 1 aliphatic rings. The van der Waals surface area contributed by atoms with E-state index >= 15 is 0 Å². The van der Waals surface area contributed by atoms with Crippen LogP contribution < -0.4 is 4.90 Å². The molecule has 0 unspecified atom stereocenters. The first-order chi connectivity index (χ1) is 13.4. The standard InChI is InChI=1S/C21H25N5O2/c1-14(2)18-8-11-26(24-18)21(20(27)28)9-12-25(13-10-21)19-17-7-5-4-6-16(17)15(3)22-23-19/h4-8,11,14H,9-10,12-13H2,1-3H3,(H,27,28). The molecule has 0 aliphatic carbocycles. The van der Waals surface area contributed by atoms with Crippen LogP contribution in [0.1, 0.15) is 44.0 Å². The van der Waals surface area contributed by atoms with Gasteiger partial charge in [-0.2, -0.15) is 10.2 Å². The Hall–Kier alpha value is -2.96. The van der Waals surface area contributed by atoms with Gasteiger partial charge in [0.05, 0.1) is 11.4 Å². The van der Waals surface area contributed by atoms with Crippen molar-refractivity contribution in [2.75, 3.05) is 18.0 Å². The lowest BCUT2D eigenvalue weighted by atomic mass is 9.87. The van der Waals surface area contributed by atoms with Gasteiger partial charge in [0.25, 0.3) is 0 Å². The van der Waals surface area contributed by atoms with E-state index in [0.717, 1.165) is 28.0 Å². The molecule has 4 rings (SSSR count). The summed E-state index contributed by atoms with van der Waals surface area (Å²) in [5, 5.41) is 25.5. The number of aliphatic carboxylic acids is 1. The summed E-state index contributed by atoms with van der Waals surface area (Å²) in [7, 11) is 0. The summed E-state index contributed by atoms with van der Waals surface area (Å²) in [6, 6.07) is 10.0. The van der Waals surface area contributed by atoms with Gasteiger partial charge in [-0.25, -0.2) is 4.79 Å². The normalized spacial score (nSPS) is 16.6. The van der Waals surface area contributed by atoms with Crippen molar-refractivity contribution in [1.29, 1.82) is 0 Å². The van der Waals surface area contributed by atoms with E-state index < -0.39 is 11.5 Å². The number of carboxylic acid groups (broad SMARTS) is 1. The van der Waals surface area contributed by atoms with Gasteiger partial charge in [0.2, 0.25) is 0 Å². The molecule has 0 bridgehead atoms. The Morgan fingerprint density at radius 2 is 1.79 bits per heavy atom. The van der Waals surface area contributed by atoms with Crippen molar-refractivity contribution in [2.45, 2.75) is 45.1 Å². The molecular formula is C21H25N5O2. The predicted molar refractivity (Wildman–Crippen MR) is 108 cm³/mol. The summed E-state index contributed by atoms with van der Waals surface area (Å²) < 4.78 is 1.65. The lowest BCUT2D eigenvalue weighted by molar-refractivity contribution is -0.149. The molecule has 0 saturated carbocycles. The molecular weight excluding hydrogens is 354 g/mol. The topological polar surface area (TPSA) is 84.1 Å². The smallest absolute Gasteiger partial charge is 0.331 e. The Morgan fingerprint density at radius 3 is 2.39 bits per heavy atom. The highest BCUT2D eigenvalue weighted by molar-refractivity contribution is 5.93. The summed E-state index contributed by atoms with van der Waals surface area (Å²) in [6.45, 7) is 7.25. The monoisotopic (exact) mass is 379 g/mol. The maximum Gasteiger partial charge on any atom is 0.331 e. The van der Waals surface area contributed by atoms with Crippen molar-refractivity contribution >= 4 is 22.6 Å². The first kappa shape index (κ1) is 18.4. The zero-order chi connectivity index (χ0) is 19.9. The number of piperidine rings is 1. The fourth-order valence-corrected chi connectivity index (χ4v) is 3.97. The summed E-state index contributed by atoms with van der Waals surface area (Å²) in [6.07, 6.45) is 2.73. The van der Waals surface area contributed by atoms with Gasteiger partial charge in [-0.1, -0.05) is 38.1 Å². The lowest BCUT2D eigenvalue weighted by Crippen LogP contribution is -2.51. The van der Waals surface area contributed by atoms with Crippen LogP contribution in [0.2, 0.25) is 0 Å². The van der Waals surface area contributed by atoms with Gasteiger partial charge in [0.1, 0.15) is 0 Å². The number of rotatable bonds is 4. The first-order valence-corrected chi connectivity index (χ1v) is 9.69. The van der Waals surface area contributed by atoms with Gasteiger partial charge in [-0.15, -0.1) is 5.10 Å². The molecule has 1 N–H and O–H groups in total. The second-order valence-corrected chi connectivity index (χ2v) is 7.82. The van der Waals surface area contributed by atoms with Crippen LogP contribution in [0.15, 0.2) is 36.5 Å². The van der Waals surface area contributed by atoms with E-state index in [9.17, 15) is 9.90 Å². The van der Waals surface area contributed by atoms with E-state index in [0.29, 0.717) is 25.9 Å². The zero-order valence-corrected chi connectivity index (χ0v) is 16.5. The second kappa shape index (κ2) is 6.89. The van der Waals surface area contributed by atoms with E-state index in [1.54, 1.807) is 10.9 Å².